The average Bonchev–Trinajstić information content (AvgIpc) is 2.56. The molecule has 1 saturated heterocycles. The fraction of sp³-hybridized carbons (Fsp3) is 0.400. The lowest BCUT2D eigenvalue weighted by Crippen LogP contribution is -2.49. The molecule has 1 fully saturated rings. The molecule has 23 heavy (non-hydrogen) atoms. The molecule has 2 aromatic carbocycles. The summed E-state index contributed by atoms with van der Waals surface area (Å²) in [7, 11) is 0. The Morgan fingerprint density at radius 3 is 2.22 bits per heavy atom. The highest BCUT2D eigenvalue weighted by atomic mass is 19.3. The Bertz CT molecular complexity index is 612. The van der Waals surface area contributed by atoms with Gasteiger partial charge in [0, 0.05) is 18.5 Å². The molecule has 0 saturated carbocycles. The van der Waals surface area contributed by atoms with E-state index in [4.69, 9.17) is 0 Å². The predicted octanol–water partition coefficient (Wildman–Crippen LogP) is 5.30. The SMILES string of the molecule is CC[C@H]1C[C@@H](c2ccccc2)N(Cc2ccccc2)CC1(F)F. The van der Waals surface area contributed by atoms with Gasteiger partial charge in [-0.3, -0.25) is 4.90 Å². The maximum Gasteiger partial charge on any atom is 0.263 e. The van der Waals surface area contributed by atoms with Crippen LogP contribution in [0.4, 0.5) is 8.78 Å². The standard InChI is InChI=1S/C20H23F2N/c1-2-18-13-19(17-11-7-4-8-12-17)23(15-20(18,21)22)14-16-9-5-3-6-10-16/h3-12,18-19H,2,13-15H2,1H3/t18-,19-/m0/s1. The van der Waals surface area contributed by atoms with E-state index in [1.54, 1.807) is 0 Å². The van der Waals surface area contributed by atoms with E-state index < -0.39 is 11.8 Å². The van der Waals surface area contributed by atoms with Crippen LogP contribution in [0.25, 0.3) is 0 Å². The minimum absolute atomic E-state index is 0.0565. The summed E-state index contributed by atoms with van der Waals surface area (Å²) >= 11 is 0. The van der Waals surface area contributed by atoms with Gasteiger partial charge >= 0.3 is 0 Å². The van der Waals surface area contributed by atoms with Crippen LogP contribution in [0.5, 0.6) is 0 Å². The zero-order valence-corrected chi connectivity index (χ0v) is 13.5. The Hall–Kier alpha value is -1.74. The molecular weight excluding hydrogens is 292 g/mol. The van der Waals surface area contributed by atoms with Crippen molar-refractivity contribution in [1.29, 1.82) is 0 Å². The molecule has 0 N–H and O–H groups in total. The van der Waals surface area contributed by atoms with Gasteiger partial charge in [-0.2, -0.15) is 0 Å². The molecular formula is C20H23F2N. The maximum absolute atomic E-state index is 14.5. The molecule has 0 bridgehead atoms. The summed E-state index contributed by atoms with van der Waals surface area (Å²) in [6.07, 6.45) is 1.04. The summed E-state index contributed by atoms with van der Waals surface area (Å²) in [4.78, 5) is 1.94. The van der Waals surface area contributed by atoms with Crippen LogP contribution in [0.3, 0.4) is 0 Å². The van der Waals surface area contributed by atoms with Crippen LogP contribution in [-0.4, -0.2) is 17.4 Å². The van der Waals surface area contributed by atoms with Crippen molar-refractivity contribution in [3.8, 4) is 0 Å². The molecule has 1 heterocycles. The third-order valence-electron chi connectivity index (χ3n) is 4.87. The summed E-state index contributed by atoms with van der Waals surface area (Å²) in [5, 5.41) is 0. The fourth-order valence-electron chi connectivity index (χ4n) is 3.57. The van der Waals surface area contributed by atoms with Gasteiger partial charge < -0.3 is 0 Å². The van der Waals surface area contributed by atoms with Gasteiger partial charge in [0.2, 0.25) is 0 Å². The quantitative estimate of drug-likeness (QED) is 0.740. The van der Waals surface area contributed by atoms with Gasteiger partial charge in [0.15, 0.2) is 0 Å². The normalized spacial score (nSPS) is 24.5. The first-order valence-electron chi connectivity index (χ1n) is 8.31. The summed E-state index contributed by atoms with van der Waals surface area (Å²) < 4.78 is 28.9. The van der Waals surface area contributed by atoms with Crippen molar-refractivity contribution < 1.29 is 8.78 Å². The Morgan fingerprint density at radius 1 is 1.00 bits per heavy atom. The van der Waals surface area contributed by atoms with Crippen LogP contribution in [0, 0.1) is 5.92 Å². The van der Waals surface area contributed by atoms with Crippen molar-refractivity contribution >= 4 is 0 Å². The number of hydrogen-bond donors (Lipinski definition) is 0. The minimum atomic E-state index is -2.62. The van der Waals surface area contributed by atoms with Crippen LogP contribution in [-0.2, 0) is 6.54 Å². The second kappa shape index (κ2) is 6.79. The van der Waals surface area contributed by atoms with Crippen molar-refractivity contribution in [2.24, 2.45) is 5.92 Å². The van der Waals surface area contributed by atoms with E-state index in [2.05, 4.69) is 12.1 Å². The molecule has 0 unspecified atom stereocenters. The molecule has 2 atom stereocenters. The molecule has 2 aromatic rings. The maximum atomic E-state index is 14.5. The van der Waals surface area contributed by atoms with Crippen molar-refractivity contribution in [2.75, 3.05) is 6.54 Å². The Labute approximate surface area is 136 Å². The van der Waals surface area contributed by atoms with E-state index in [1.165, 1.54) is 0 Å². The molecule has 0 spiro atoms. The molecule has 1 aliphatic rings. The van der Waals surface area contributed by atoms with E-state index in [-0.39, 0.29) is 12.6 Å². The number of nitrogens with zero attached hydrogens (tertiary/aromatic N) is 1. The number of likely N-dealkylation sites (tertiary alicyclic amines) is 1. The zero-order chi connectivity index (χ0) is 16.3. The highest BCUT2D eigenvalue weighted by Crippen LogP contribution is 2.44. The van der Waals surface area contributed by atoms with Crippen molar-refractivity contribution in [3.05, 3.63) is 71.8 Å². The van der Waals surface area contributed by atoms with Crippen LogP contribution in [0.2, 0.25) is 0 Å². The van der Waals surface area contributed by atoms with Crippen molar-refractivity contribution in [2.45, 2.75) is 38.3 Å². The van der Waals surface area contributed by atoms with Gasteiger partial charge in [0.1, 0.15) is 0 Å². The summed E-state index contributed by atoms with van der Waals surface area (Å²) in [5.74, 6) is -3.16. The molecule has 3 rings (SSSR count). The zero-order valence-electron chi connectivity index (χ0n) is 13.5. The highest BCUT2D eigenvalue weighted by molar-refractivity contribution is 5.22. The average molecular weight is 315 g/mol. The van der Waals surface area contributed by atoms with Gasteiger partial charge in [-0.05, 0) is 24.0 Å². The molecule has 0 aliphatic carbocycles. The fourth-order valence-corrected chi connectivity index (χ4v) is 3.57. The molecule has 122 valence electrons. The number of rotatable bonds is 4. The smallest absolute Gasteiger partial charge is 0.263 e. The van der Waals surface area contributed by atoms with E-state index in [1.807, 2.05) is 60.4 Å². The van der Waals surface area contributed by atoms with Gasteiger partial charge in [-0.25, -0.2) is 8.78 Å². The topological polar surface area (TPSA) is 3.24 Å². The summed E-state index contributed by atoms with van der Waals surface area (Å²) in [6, 6.07) is 20.0. The number of halogens is 2. The lowest BCUT2D eigenvalue weighted by atomic mass is 9.83. The number of piperidine rings is 1. The summed E-state index contributed by atoms with van der Waals surface area (Å²) in [6.45, 7) is 2.26. The van der Waals surface area contributed by atoms with E-state index in [0.717, 1.165) is 11.1 Å². The van der Waals surface area contributed by atoms with E-state index in [0.29, 0.717) is 19.4 Å². The molecule has 0 aromatic heterocycles. The van der Waals surface area contributed by atoms with Crippen molar-refractivity contribution in [1.82, 2.24) is 4.90 Å². The molecule has 1 nitrogen and oxygen atoms in total. The summed E-state index contributed by atoms with van der Waals surface area (Å²) in [5.41, 5.74) is 2.22. The van der Waals surface area contributed by atoms with E-state index >= 15 is 0 Å². The van der Waals surface area contributed by atoms with Crippen LogP contribution in [0.1, 0.15) is 36.9 Å². The molecule has 0 amide bonds. The Morgan fingerprint density at radius 2 is 1.61 bits per heavy atom. The third-order valence-corrected chi connectivity index (χ3v) is 4.87. The van der Waals surface area contributed by atoms with E-state index in [9.17, 15) is 8.78 Å². The Kier molecular flexibility index (Phi) is 4.76. The lowest BCUT2D eigenvalue weighted by Gasteiger charge is -2.44. The molecule has 3 heteroatoms. The second-order valence-electron chi connectivity index (χ2n) is 6.42. The van der Waals surface area contributed by atoms with Gasteiger partial charge in [-0.15, -0.1) is 0 Å². The van der Waals surface area contributed by atoms with Crippen molar-refractivity contribution in [3.63, 3.8) is 0 Å². The monoisotopic (exact) mass is 315 g/mol. The van der Waals surface area contributed by atoms with Gasteiger partial charge in [0.25, 0.3) is 5.92 Å². The van der Waals surface area contributed by atoms with Crippen LogP contribution >= 0.6 is 0 Å². The Balaban J connectivity index is 1.89. The highest BCUT2D eigenvalue weighted by Gasteiger charge is 2.47. The predicted molar refractivity (Wildman–Crippen MR) is 89.4 cm³/mol. The number of alkyl halides is 2. The van der Waals surface area contributed by atoms with Gasteiger partial charge in [0.05, 0.1) is 6.54 Å². The first kappa shape index (κ1) is 16.1. The first-order chi connectivity index (χ1) is 11.1. The van der Waals surface area contributed by atoms with Crippen LogP contribution in [0.15, 0.2) is 60.7 Å². The second-order valence-corrected chi connectivity index (χ2v) is 6.42. The number of benzene rings is 2. The molecule has 0 radical (unpaired) electrons. The largest absolute Gasteiger partial charge is 0.286 e. The minimum Gasteiger partial charge on any atom is -0.286 e. The van der Waals surface area contributed by atoms with Crippen LogP contribution < -0.4 is 0 Å². The lowest BCUT2D eigenvalue weighted by molar-refractivity contribution is -0.132. The molecule has 1 aliphatic heterocycles. The first-order valence-corrected chi connectivity index (χ1v) is 8.31. The third kappa shape index (κ3) is 3.61. The number of hydrogen-bond acceptors (Lipinski definition) is 1. The van der Waals surface area contributed by atoms with Gasteiger partial charge in [-0.1, -0.05) is 67.6 Å².